The molecule has 0 saturated carbocycles. The largest absolute Gasteiger partial charge is 0.293 e. The highest BCUT2D eigenvalue weighted by molar-refractivity contribution is 6.36. The van der Waals surface area contributed by atoms with E-state index in [9.17, 15) is 13.6 Å². The molecule has 11 heteroatoms. The van der Waals surface area contributed by atoms with Crippen molar-refractivity contribution in [2.45, 2.75) is 31.3 Å². The van der Waals surface area contributed by atoms with Crippen LogP contribution in [0.4, 0.5) is 8.78 Å². The Labute approximate surface area is 170 Å². The third kappa shape index (κ3) is 5.20. The maximum absolute atomic E-state index is 13.2. The standard InChI is InChI=1S/C16H19Cl3F2N4O2/c1-8(4-9-11(17)5-13(19)22-6-12(9)18)25(27-3)16(26)10-7-24(2)23-14(10)15(20)21/h5,7-8,13,15,22H,4,6H2,1-3H3. The van der Waals surface area contributed by atoms with Crippen molar-refractivity contribution in [3.63, 3.8) is 0 Å². The molecular weight excluding hydrogens is 425 g/mol. The first-order chi connectivity index (χ1) is 12.6. The molecule has 0 saturated heterocycles. The highest BCUT2D eigenvalue weighted by Crippen LogP contribution is 2.31. The lowest BCUT2D eigenvalue weighted by Gasteiger charge is -2.27. The topological polar surface area (TPSA) is 59.4 Å². The number of aryl methyl sites for hydroxylation is 1. The first kappa shape index (κ1) is 22.1. The zero-order valence-electron chi connectivity index (χ0n) is 14.8. The number of hydrogen-bond acceptors (Lipinski definition) is 4. The van der Waals surface area contributed by atoms with Gasteiger partial charge >= 0.3 is 0 Å². The number of hydrogen-bond donors (Lipinski definition) is 1. The van der Waals surface area contributed by atoms with Gasteiger partial charge in [-0.3, -0.25) is 19.6 Å². The molecular formula is C16H19Cl3F2N4O2. The van der Waals surface area contributed by atoms with Crippen LogP contribution in [0.1, 0.15) is 35.8 Å². The summed E-state index contributed by atoms with van der Waals surface area (Å²) in [7, 11) is 2.74. The number of nitrogens with one attached hydrogen (secondary N) is 1. The van der Waals surface area contributed by atoms with Gasteiger partial charge in [0.1, 0.15) is 11.2 Å². The summed E-state index contributed by atoms with van der Waals surface area (Å²) in [5.41, 5.74) is -0.721. The summed E-state index contributed by atoms with van der Waals surface area (Å²) < 4.78 is 27.5. The van der Waals surface area contributed by atoms with Crippen molar-refractivity contribution in [1.82, 2.24) is 20.2 Å². The van der Waals surface area contributed by atoms with E-state index >= 15 is 0 Å². The van der Waals surface area contributed by atoms with Crippen LogP contribution in [-0.2, 0) is 11.9 Å². The Morgan fingerprint density at radius 2 is 2.19 bits per heavy atom. The summed E-state index contributed by atoms with van der Waals surface area (Å²) >= 11 is 18.6. The SMILES string of the molecule is CON(C(=O)c1cn(C)nc1C(F)F)C(C)CC1=C(Cl)CNC(Cl)C=C1Cl. The van der Waals surface area contributed by atoms with Crippen molar-refractivity contribution < 1.29 is 18.4 Å². The van der Waals surface area contributed by atoms with Crippen molar-refractivity contribution in [3.05, 3.63) is 39.2 Å². The third-order valence-electron chi connectivity index (χ3n) is 3.95. The average molecular weight is 444 g/mol. The second-order valence-corrected chi connectivity index (χ2v) is 7.28. The number of carbonyl (C=O) groups is 1. The molecule has 0 fully saturated rings. The predicted molar refractivity (Wildman–Crippen MR) is 99.9 cm³/mol. The lowest BCUT2D eigenvalue weighted by molar-refractivity contribution is -0.119. The maximum Gasteiger partial charge on any atom is 0.282 e. The van der Waals surface area contributed by atoms with E-state index in [2.05, 4.69) is 10.4 Å². The highest BCUT2D eigenvalue weighted by atomic mass is 35.5. The Morgan fingerprint density at radius 3 is 2.78 bits per heavy atom. The van der Waals surface area contributed by atoms with E-state index in [1.807, 2.05) is 0 Å². The van der Waals surface area contributed by atoms with E-state index in [1.165, 1.54) is 20.4 Å². The van der Waals surface area contributed by atoms with Crippen molar-refractivity contribution in [1.29, 1.82) is 0 Å². The molecule has 1 aromatic rings. The van der Waals surface area contributed by atoms with Crippen molar-refractivity contribution in [3.8, 4) is 0 Å². The van der Waals surface area contributed by atoms with Gasteiger partial charge in [0.25, 0.3) is 12.3 Å². The zero-order valence-corrected chi connectivity index (χ0v) is 17.1. The number of carbonyl (C=O) groups excluding carboxylic acids is 1. The van der Waals surface area contributed by atoms with Crippen LogP contribution in [0.15, 0.2) is 27.9 Å². The molecule has 1 aromatic heterocycles. The molecule has 2 atom stereocenters. The maximum atomic E-state index is 13.2. The first-order valence-electron chi connectivity index (χ1n) is 7.97. The molecule has 1 amide bonds. The number of hydroxylamine groups is 2. The first-order valence-corrected chi connectivity index (χ1v) is 9.17. The highest BCUT2D eigenvalue weighted by Gasteiger charge is 2.30. The van der Waals surface area contributed by atoms with Crippen LogP contribution in [-0.4, -0.2) is 45.9 Å². The summed E-state index contributed by atoms with van der Waals surface area (Å²) in [6.45, 7) is 2.00. The van der Waals surface area contributed by atoms with E-state index in [-0.39, 0.29) is 12.0 Å². The van der Waals surface area contributed by atoms with Gasteiger partial charge in [0, 0.05) is 29.9 Å². The summed E-state index contributed by atoms with van der Waals surface area (Å²) in [6.07, 6.45) is 0.177. The number of nitrogens with zero attached hydrogens (tertiary/aromatic N) is 3. The van der Waals surface area contributed by atoms with Crippen molar-refractivity contribution in [2.75, 3.05) is 13.7 Å². The van der Waals surface area contributed by atoms with Crippen molar-refractivity contribution >= 4 is 40.7 Å². The van der Waals surface area contributed by atoms with Crippen LogP contribution in [0.2, 0.25) is 0 Å². The Bertz CT molecular complexity index is 767. The van der Waals surface area contributed by atoms with Crippen molar-refractivity contribution in [2.24, 2.45) is 7.05 Å². The molecule has 2 heterocycles. The Kier molecular flexibility index (Phi) is 7.64. The molecule has 1 aliphatic heterocycles. The molecule has 1 aliphatic rings. The van der Waals surface area contributed by atoms with Crippen LogP contribution in [0.3, 0.4) is 0 Å². The number of rotatable bonds is 6. The fourth-order valence-electron chi connectivity index (χ4n) is 2.71. The van der Waals surface area contributed by atoms with Gasteiger partial charge in [-0.2, -0.15) is 5.10 Å². The van der Waals surface area contributed by atoms with Gasteiger partial charge in [-0.05, 0) is 25.0 Å². The van der Waals surface area contributed by atoms with Gasteiger partial charge in [0.2, 0.25) is 0 Å². The quantitative estimate of drug-likeness (QED) is 0.411. The Morgan fingerprint density at radius 1 is 1.52 bits per heavy atom. The predicted octanol–water partition coefficient (Wildman–Crippen LogP) is 3.92. The lowest BCUT2D eigenvalue weighted by atomic mass is 10.1. The van der Waals surface area contributed by atoms with Gasteiger partial charge in [-0.1, -0.05) is 23.2 Å². The van der Waals surface area contributed by atoms with E-state index in [4.69, 9.17) is 39.6 Å². The van der Waals surface area contributed by atoms with Crippen LogP contribution < -0.4 is 5.32 Å². The van der Waals surface area contributed by atoms with Gasteiger partial charge in [0.05, 0.1) is 18.7 Å². The number of allylic oxidation sites excluding steroid dienone is 1. The van der Waals surface area contributed by atoms with E-state index < -0.39 is 29.6 Å². The fraction of sp³-hybridized carbons (Fsp3) is 0.500. The van der Waals surface area contributed by atoms with Crippen LogP contribution in [0.25, 0.3) is 0 Å². The van der Waals surface area contributed by atoms with Gasteiger partial charge < -0.3 is 0 Å². The monoisotopic (exact) mass is 442 g/mol. The lowest BCUT2D eigenvalue weighted by Crippen LogP contribution is -2.38. The summed E-state index contributed by atoms with van der Waals surface area (Å²) in [6, 6.07) is -0.550. The molecule has 150 valence electrons. The van der Waals surface area contributed by atoms with Gasteiger partial charge in [-0.15, -0.1) is 11.6 Å². The van der Waals surface area contributed by atoms with Crippen LogP contribution >= 0.6 is 34.8 Å². The van der Waals surface area contributed by atoms with E-state index in [0.29, 0.717) is 22.2 Å². The Balaban J connectivity index is 2.27. The molecule has 6 nitrogen and oxygen atoms in total. The molecule has 0 aliphatic carbocycles. The minimum atomic E-state index is -2.89. The molecule has 0 spiro atoms. The molecule has 27 heavy (non-hydrogen) atoms. The minimum absolute atomic E-state index is 0.230. The van der Waals surface area contributed by atoms with Crippen LogP contribution in [0, 0.1) is 0 Å². The third-order valence-corrected chi connectivity index (χ3v) is 4.95. The molecule has 2 rings (SSSR count). The van der Waals surface area contributed by atoms with Crippen LogP contribution in [0.5, 0.6) is 0 Å². The molecule has 2 unspecified atom stereocenters. The summed E-state index contributed by atoms with van der Waals surface area (Å²) in [5.74, 6) is -0.729. The normalized spacial score (nSPS) is 19.1. The molecule has 0 radical (unpaired) electrons. The molecule has 0 bridgehead atoms. The average Bonchev–Trinajstić information content (AvgIpc) is 2.95. The summed E-state index contributed by atoms with van der Waals surface area (Å²) in [5, 5.41) is 8.40. The Hall–Kier alpha value is -1.19. The smallest absolute Gasteiger partial charge is 0.282 e. The number of alkyl halides is 3. The summed E-state index contributed by atoms with van der Waals surface area (Å²) in [4.78, 5) is 17.9. The van der Waals surface area contributed by atoms with Gasteiger partial charge in [0.15, 0.2) is 0 Å². The molecule has 0 aromatic carbocycles. The number of amides is 1. The fourth-order valence-corrected chi connectivity index (χ4v) is 3.60. The van der Waals surface area contributed by atoms with E-state index in [0.717, 1.165) is 9.75 Å². The molecule has 1 N–H and O–H groups in total. The van der Waals surface area contributed by atoms with Gasteiger partial charge in [-0.25, -0.2) is 13.8 Å². The second kappa shape index (κ2) is 9.34. The van der Waals surface area contributed by atoms with E-state index in [1.54, 1.807) is 13.0 Å². The number of aromatic nitrogens is 2. The minimum Gasteiger partial charge on any atom is -0.293 e. The number of halogens is 5. The zero-order chi connectivity index (χ0) is 20.3. The second-order valence-electron chi connectivity index (χ2n) is 5.95.